The lowest BCUT2D eigenvalue weighted by Gasteiger charge is -2.28. The van der Waals surface area contributed by atoms with Crippen molar-refractivity contribution in [2.24, 2.45) is 16.6 Å². The highest BCUT2D eigenvalue weighted by molar-refractivity contribution is 5.77. The maximum Gasteiger partial charge on any atom is 0.410 e. The summed E-state index contributed by atoms with van der Waals surface area (Å²) < 4.78 is 5.33. The molecule has 0 aromatic rings. The predicted octanol–water partition coefficient (Wildman–Crippen LogP) is 2.19. The number of carbonyl (C=O) groups excluding carboxylic acids is 1. The van der Waals surface area contributed by atoms with Gasteiger partial charge in [-0.15, -0.1) is 0 Å². The average Bonchev–Trinajstić information content (AvgIpc) is 2.33. The van der Waals surface area contributed by atoms with E-state index in [9.17, 15) is 4.79 Å². The molecule has 0 aliphatic heterocycles. The van der Waals surface area contributed by atoms with E-state index in [1.165, 1.54) is 0 Å². The van der Waals surface area contributed by atoms with E-state index in [-0.39, 0.29) is 12.1 Å². The van der Waals surface area contributed by atoms with Crippen LogP contribution in [0.1, 0.15) is 48.0 Å². The Morgan fingerprint density at radius 2 is 1.90 bits per heavy atom. The Balaban J connectivity index is 4.11. The Kier molecular flexibility index (Phi) is 8.14. The van der Waals surface area contributed by atoms with Gasteiger partial charge in [0.05, 0.1) is 0 Å². The molecule has 1 unspecified atom stereocenters. The third-order valence-corrected chi connectivity index (χ3v) is 2.84. The Hall–Kier alpha value is -1.46. The van der Waals surface area contributed by atoms with Crippen LogP contribution in [0.2, 0.25) is 0 Å². The number of guanidine groups is 1. The molecule has 0 aromatic heterocycles. The van der Waals surface area contributed by atoms with E-state index in [1.807, 2.05) is 27.7 Å². The topological polar surface area (TPSA) is 80.0 Å². The fourth-order valence-corrected chi connectivity index (χ4v) is 1.45. The normalized spacial score (nSPS) is 14.0. The fraction of sp³-hybridized carbons (Fsp3) is 0.867. The monoisotopic (exact) mass is 300 g/mol. The minimum atomic E-state index is -0.475. The second-order valence-corrected chi connectivity index (χ2v) is 6.78. The van der Waals surface area contributed by atoms with Crippen LogP contribution in [0, 0.1) is 5.92 Å². The van der Waals surface area contributed by atoms with Gasteiger partial charge in [-0.25, -0.2) is 4.79 Å². The van der Waals surface area contributed by atoms with Gasteiger partial charge >= 0.3 is 6.09 Å². The first-order valence-corrected chi connectivity index (χ1v) is 7.52. The van der Waals surface area contributed by atoms with E-state index in [2.05, 4.69) is 24.2 Å². The lowest BCUT2D eigenvalue weighted by atomic mass is 10.2. The number of amides is 1. The largest absolute Gasteiger partial charge is 0.444 e. The molecule has 6 heteroatoms. The summed E-state index contributed by atoms with van der Waals surface area (Å²) in [6.45, 7) is 13.1. The van der Waals surface area contributed by atoms with E-state index in [4.69, 9.17) is 10.5 Å². The van der Waals surface area contributed by atoms with Crippen LogP contribution in [-0.2, 0) is 4.74 Å². The number of hydrogen-bond donors (Lipinski definition) is 2. The minimum Gasteiger partial charge on any atom is -0.444 e. The molecule has 0 rings (SSSR count). The van der Waals surface area contributed by atoms with Gasteiger partial charge in [-0.1, -0.05) is 13.8 Å². The summed E-state index contributed by atoms with van der Waals surface area (Å²) in [5.41, 5.74) is 5.29. The number of nitrogens with zero attached hydrogens (tertiary/aromatic N) is 2. The molecule has 0 fully saturated rings. The Morgan fingerprint density at radius 3 is 2.38 bits per heavy atom. The maximum atomic E-state index is 11.9. The van der Waals surface area contributed by atoms with Gasteiger partial charge in [0.25, 0.3) is 0 Å². The van der Waals surface area contributed by atoms with Gasteiger partial charge in [-0.3, -0.25) is 4.99 Å². The molecule has 0 saturated carbocycles. The van der Waals surface area contributed by atoms with Crippen molar-refractivity contribution in [3.63, 3.8) is 0 Å². The van der Waals surface area contributed by atoms with Crippen LogP contribution in [0.25, 0.3) is 0 Å². The summed E-state index contributed by atoms with van der Waals surface area (Å²) in [5.74, 6) is 0.943. The fourth-order valence-electron chi connectivity index (χ4n) is 1.45. The highest BCUT2D eigenvalue weighted by Gasteiger charge is 2.22. The zero-order valence-corrected chi connectivity index (χ0v) is 14.6. The summed E-state index contributed by atoms with van der Waals surface area (Å²) in [6.07, 6.45) is 0.463. The number of ether oxygens (including phenoxy) is 1. The lowest BCUT2D eigenvalue weighted by molar-refractivity contribution is 0.0231. The number of carbonyl (C=O) groups is 1. The van der Waals surface area contributed by atoms with E-state index in [0.717, 1.165) is 6.42 Å². The van der Waals surface area contributed by atoms with E-state index in [1.54, 1.807) is 11.9 Å². The smallest absolute Gasteiger partial charge is 0.410 e. The molecule has 21 heavy (non-hydrogen) atoms. The van der Waals surface area contributed by atoms with Crippen molar-refractivity contribution in [2.75, 3.05) is 20.1 Å². The maximum absolute atomic E-state index is 11.9. The third-order valence-electron chi connectivity index (χ3n) is 2.84. The number of nitrogens with one attached hydrogen (secondary N) is 1. The highest BCUT2D eigenvalue weighted by Crippen LogP contribution is 2.11. The van der Waals surface area contributed by atoms with Gasteiger partial charge in [0, 0.05) is 26.2 Å². The van der Waals surface area contributed by atoms with Crippen LogP contribution >= 0.6 is 0 Å². The zero-order valence-electron chi connectivity index (χ0n) is 14.6. The van der Waals surface area contributed by atoms with E-state index >= 15 is 0 Å². The van der Waals surface area contributed by atoms with Crippen LogP contribution in [0.15, 0.2) is 4.99 Å². The van der Waals surface area contributed by atoms with Gasteiger partial charge in [-0.05, 0) is 40.0 Å². The molecule has 1 amide bonds. The van der Waals surface area contributed by atoms with Gasteiger partial charge in [0.2, 0.25) is 0 Å². The molecule has 6 nitrogen and oxygen atoms in total. The SMILES string of the molecule is CC(C)CN=C(N)NCCC(C)N(C)C(=O)OC(C)(C)C. The molecular formula is C15H32N4O2. The molecule has 124 valence electrons. The van der Waals surface area contributed by atoms with Gasteiger partial charge in [0.15, 0.2) is 5.96 Å². The Labute approximate surface area is 129 Å². The number of aliphatic imine (C=N–C) groups is 1. The lowest BCUT2D eigenvalue weighted by Crippen LogP contribution is -2.41. The van der Waals surface area contributed by atoms with Gasteiger partial charge < -0.3 is 20.7 Å². The van der Waals surface area contributed by atoms with Crippen LogP contribution < -0.4 is 11.1 Å². The van der Waals surface area contributed by atoms with Crippen molar-refractivity contribution in [3.8, 4) is 0 Å². The average molecular weight is 300 g/mol. The predicted molar refractivity (Wildman–Crippen MR) is 87.4 cm³/mol. The van der Waals surface area contributed by atoms with E-state index < -0.39 is 5.60 Å². The zero-order chi connectivity index (χ0) is 16.6. The molecule has 0 aromatic carbocycles. The summed E-state index contributed by atoms with van der Waals surface area (Å²) in [5, 5.41) is 3.06. The molecule has 0 heterocycles. The standard InChI is InChI=1S/C15H32N4O2/c1-11(2)10-18-13(16)17-9-8-12(3)19(7)14(20)21-15(4,5)6/h11-12H,8-10H2,1-7H3,(H3,16,17,18). The summed E-state index contributed by atoms with van der Waals surface area (Å²) in [6, 6.07) is 0.0604. The van der Waals surface area contributed by atoms with Crippen molar-refractivity contribution < 1.29 is 9.53 Å². The van der Waals surface area contributed by atoms with Gasteiger partial charge in [0.1, 0.15) is 5.60 Å². The first-order valence-electron chi connectivity index (χ1n) is 7.52. The van der Waals surface area contributed by atoms with Crippen molar-refractivity contribution in [1.29, 1.82) is 0 Å². The quantitative estimate of drug-likeness (QED) is 0.582. The van der Waals surface area contributed by atoms with Crippen molar-refractivity contribution in [2.45, 2.75) is 59.6 Å². The van der Waals surface area contributed by atoms with Crippen LogP contribution in [0.4, 0.5) is 4.79 Å². The second kappa shape index (κ2) is 8.74. The first kappa shape index (κ1) is 19.5. The first-order chi connectivity index (χ1) is 9.53. The molecule has 1 atom stereocenters. The Morgan fingerprint density at radius 1 is 1.33 bits per heavy atom. The number of nitrogens with two attached hydrogens (primary N) is 1. The second-order valence-electron chi connectivity index (χ2n) is 6.78. The number of hydrogen-bond acceptors (Lipinski definition) is 3. The summed E-state index contributed by atoms with van der Waals surface area (Å²) >= 11 is 0. The molecule has 0 radical (unpaired) electrons. The molecule has 3 N–H and O–H groups in total. The molecule has 0 saturated heterocycles. The third kappa shape index (κ3) is 9.98. The van der Waals surface area contributed by atoms with Crippen LogP contribution in [-0.4, -0.2) is 48.7 Å². The molecular weight excluding hydrogens is 268 g/mol. The highest BCUT2D eigenvalue weighted by atomic mass is 16.6. The van der Waals surface area contributed by atoms with Crippen molar-refractivity contribution in [1.82, 2.24) is 10.2 Å². The van der Waals surface area contributed by atoms with Crippen LogP contribution in [0.5, 0.6) is 0 Å². The van der Waals surface area contributed by atoms with Crippen molar-refractivity contribution >= 4 is 12.1 Å². The van der Waals surface area contributed by atoms with E-state index in [0.29, 0.717) is 25.0 Å². The van der Waals surface area contributed by atoms with Crippen molar-refractivity contribution in [3.05, 3.63) is 0 Å². The molecule has 0 aliphatic carbocycles. The van der Waals surface area contributed by atoms with Crippen LogP contribution in [0.3, 0.4) is 0 Å². The minimum absolute atomic E-state index is 0.0604. The molecule has 0 spiro atoms. The molecule has 0 bridgehead atoms. The Bertz CT molecular complexity index is 348. The summed E-state index contributed by atoms with van der Waals surface area (Å²) in [7, 11) is 1.74. The van der Waals surface area contributed by atoms with Gasteiger partial charge in [-0.2, -0.15) is 0 Å². The summed E-state index contributed by atoms with van der Waals surface area (Å²) in [4.78, 5) is 17.7. The number of rotatable bonds is 6. The molecule has 0 aliphatic rings.